The number of piperazine rings is 1. The number of carbonyl (C=O) groups is 1. The van der Waals surface area contributed by atoms with Crippen molar-refractivity contribution < 1.29 is 4.79 Å². The second-order valence-electron chi connectivity index (χ2n) is 6.93. The van der Waals surface area contributed by atoms with Gasteiger partial charge in [0, 0.05) is 54.9 Å². The minimum absolute atomic E-state index is 0.0826. The number of carbonyl (C=O) groups excluding carboxylic acids is 1. The lowest BCUT2D eigenvalue weighted by atomic mass is 10.2. The summed E-state index contributed by atoms with van der Waals surface area (Å²) in [7, 11) is 0. The Morgan fingerprint density at radius 1 is 1.08 bits per heavy atom. The minimum Gasteiger partial charge on any atom is -0.369 e. The summed E-state index contributed by atoms with van der Waals surface area (Å²) in [6, 6.07) is 13.3. The zero-order valence-electron chi connectivity index (χ0n) is 14.5. The van der Waals surface area contributed by atoms with Crippen LogP contribution in [0.15, 0.2) is 41.8 Å². The number of amides is 1. The van der Waals surface area contributed by atoms with Crippen molar-refractivity contribution in [1.29, 1.82) is 0 Å². The Morgan fingerprint density at radius 3 is 2.48 bits per heavy atom. The maximum absolute atomic E-state index is 12.1. The molecule has 1 aromatic heterocycles. The van der Waals surface area contributed by atoms with E-state index in [4.69, 9.17) is 0 Å². The van der Waals surface area contributed by atoms with Crippen LogP contribution in [0.5, 0.6) is 0 Å². The van der Waals surface area contributed by atoms with E-state index in [9.17, 15) is 4.79 Å². The second kappa shape index (κ2) is 7.58. The van der Waals surface area contributed by atoms with Crippen LogP contribution in [0.4, 0.5) is 11.4 Å². The number of aryl methyl sites for hydroxylation is 1. The van der Waals surface area contributed by atoms with Gasteiger partial charge in [0.2, 0.25) is 5.91 Å². The molecule has 132 valence electrons. The molecule has 1 aliphatic heterocycles. The van der Waals surface area contributed by atoms with Crippen LogP contribution >= 0.6 is 11.3 Å². The average Bonchev–Trinajstić information content (AvgIpc) is 3.37. The van der Waals surface area contributed by atoms with Crippen LogP contribution in [-0.2, 0) is 11.2 Å². The number of hydrogen-bond donors (Lipinski definition) is 1. The number of anilines is 2. The van der Waals surface area contributed by atoms with Crippen molar-refractivity contribution >= 4 is 28.6 Å². The summed E-state index contributed by atoms with van der Waals surface area (Å²) in [6.07, 6.45) is 4.13. The van der Waals surface area contributed by atoms with Crippen LogP contribution < -0.4 is 10.2 Å². The smallest absolute Gasteiger partial charge is 0.224 e. The monoisotopic (exact) mass is 355 g/mol. The Labute approximate surface area is 153 Å². The highest BCUT2D eigenvalue weighted by molar-refractivity contribution is 7.09. The Balaban J connectivity index is 1.26. The summed E-state index contributed by atoms with van der Waals surface area (Å²) in [5.74, 6) is 0.0826. The standard InChI is InChI=1S/C20H25N3OS/c24-20(10-9-19-2-1-15-25-19)21-16-3-5-17(6-4-16)22-11-13-23(14-12-22)18-7-8-18/h1-6,15,18H,7-14H2,(H,21,24). The van der Waals surface area contributed by atoms with Crippen molar-refractivity contribution in [3.8, 4) is 0 Å². The van der Waals surface area contributed by atoms with Crippen molar-refractivity contribution in [3.05, 3.63) is 46.7 Å². The number of nitrogens with zero attached hydrogens (tertiary/aromatic N) is 2. The van der Waals surface area contributed by atoms with Crippen molar-refractivity contribution in [2.24, 2.45) is 0 Å². The first-order chi connectivity index (χ1) is 12.3. The molecule has 1 saturated heterocycles. The molecular formula is C20H25N3OS. The van der Waals surface area contributed by atoms with E-state index in [-0.39, 0.29) is 5.91 Å². The van der Waals surface area contributed by atoms with E-state index in [0.717, 1.165) is 31.2 Å². The third-order valence-electron chi connectivity index (χ3n) is 5.07. The van der Waals surface area contributed by atoms with E-state index in [2.05, 4.69) is 38.7 Å². The number of nitrogens with one attached hydrogen (secondary N) is 1. The molecule has 1 saturated carbocycles. The van der Waals surface area contributed by atoms with Crippen LogP contribution in [-0.4, -0.2) is 43.0 Å². The number of thiophene rings is 1. The van der Waals surface area contributed by atoms with Crippen LogP contribution in [0.3, 0.4) is 0 Å². The maximum Gasteiger partial charge on any atom is 0.224 e. The summed E-state index contributed by atoms with van der Waals surface area (Å²) in [4.78, 5) is 18.4. The highest BCUT2D eigenvalue weighted by Crippen LogP contribution is 2.28. The van der Waals surface area contributed by atoms with Crippen LogP contribution in [0.25, 0.3) is 0 Å². The predicted octanol–water partition coefficient (Wildman–Crippen LogP) is 3.60. The molecule has 1 N–H and O–H groups in total. The highest BCUT2D eigenvalue weighted by atomic mass is 32.1. The third-order valence-corrected chi connectivity index (χ3v) is 6.01. The number of benzene rings is 1. The van der Waals surface area contributed by atoms with Crippen molar-refractivity contribution in [3.63, 3.8) is 0 Å². The topological polar surface area (TPSA) is 35.6 Å². The zero-order valence-corrected chi connectivity index (χ0v) is 15.3. The van der Waals surface area contributed by atoms with Crippen LogP contribution in [0, 0.1) is 0 Å². The normalized spacial score (nSPS) is 18.3. The molecule has 4 nitrogen and oxygen atoms in total. The van der Waals surface area contributed by atoms with E-state index in [1.807, 2.05) is 18.2 Å². The molecule has 1 amide bonds. The summed E-state index contributed by atoms with van der Waals surface area (Å²) >= 11 is 1.71. The summed E-state index contributed by atoms with van der Waals surface area (Å²) in [5, 5.41) is 5.06. The van der Waals surface area contributed by atoms with Gasteiger partial charge in [-0.2, -0.15) is 0 Å². The molecular weight excluding hydrogens is 330 g/mol. The van der Waals surface area contributed by atoms with Crippen LogP contribution in [0.1, 0.15) is 24.1 Å². The molecule has 5 heteroatoms. The fourth-order valence-corrected chi connectivity index (χ4v) is 4.16. The Kier molecular flexibility index (Phi) is 5.04. The quantitative estimate of drug-likeness (QED) is 0.860. The van der Waals surface area contributed by atoms with Gasteiger partial charge in [0.05, 0.1) is 0 Å². The van der Waals surface area contributed by atoms with Gasteiger partial charge in [0.15, 0.2) is 0 Å². The SMILES string of the molecule is O=C(CCc1cccs1)Nc1ccc(N2CCN(C3CC3)CC2)cc1. The molecule has 25 heavy (non-hydrogen) atoms. The van der Waals surface area contributed by atoms with Crippen LogP contribution in [0.2, 0.25) is 0 Å². The fraction of sp³-hybridized carbons (Fsp3) is 0.450. The largest absolute Gasteiger partial charge is 0.369 e. The van der Waals surface area contributed by atoms with Gasteiger partial charge in [-0.3, -0.25) is 9.69 Å². The van der Waals surface area contributed by atoms with Gasteiger partial charge >= 0.3 is 0 Å². The lowest BCUT2D eigenvalue weighted by Crippen LogP contribution is -2.47. The molecule has 0 atom stereocenters. The maximum atomic E-state index is 12.1. The van der Waals surface area contributed by atoms with Gasteiger partial charge in [-0.1, -0.05) is 6.07 Å². The lowest BCUT2D eigenvalue weighted by molar-refractivity contribution is -0.116. The first-order valence-corrected chi connectivity index (χ1v) is 10.1. The predicted molar refractivity (Wildman–Crippen MR) is 105 cm³/mol. The Bertz CT molecular complexity index is 686. The number of rotatable bonds is 6. The van der Waals surface area contributed by atoms with Gasteiger partial charge < -0.3 is 10.2 Å². The molecule has 2 aromatic rings. The summed E-state index contributed by atoms with van der Waals surface area (Å²) < 4.78 is 0. The molecule has 2 heterocycles. The molecule has 1 aliphatic carbocycles. The van der Waals surface area contributed by atoms with Crippen molar-refractivity contribution in [1.82, 2.24) is 4.90 Å². The minimum atomic E-state index is 0.0826. The third kappa shape index (κ3) is 4.41. The Morgan fingerprint density at radius 2 is 1.84 bits per heavy atom. The molecule has 0 bridgehead atoms. The van der Waals surface area contributed by atoms with Gasteiger partial charge in [-0.05, 0) is 55.0 Å². The molecule has 2 fully saturated rings. The van der Waals surface area contributed by atoms with Gasteiger partial charge in [-0.15, -0.1) is 11.3 Å². The van der Waals surface area contributed by atoms with Crippen molar-refractivity contribution in [2.75, 3.05) is 36.4 Å². The van der Waals surface area contributed by atoms with Gasteiger partial charge in [0.1, 0.15) is 0 Å². The van der Waals surface area contributed by atoms with E-state index >= 15 is 0 Å². The zero-order chi connectivity index (χ0) is 17.1. The van der Waals surface area contributed by atoms with Gasteiger partial charge in [-0.25, -0.2) is 0 Å². The first-order valence-electron chi connectivity index (χ1n) is 9.19. The average molecular weight is 356 g/mol. The highest BCUT2D eigenvalue weighted by Gasteiger charge is 2.31. The first kappa shape index (κ1) is 16.6. The van der Waals surface area contributed by atoms with E-state index in [0.29, 0.717) is 6.42 Å². The molecule has 2 aliphatic rings. The van der Waals surface area contributed by atoms with E-state index in [1.54, 1.807) is 11.3 Å². The van der Waals surface area contributed by atoms with E-state index in [1.165, 1.54) is 36.5 Å². The summed E-state index contributed by atoms with van der Waals surface area (Å²) in [5.41, 5.74) is 2.14. The summed E-state index contributed by atoms with van der Waals surface area (Å²) in [6.45, 7) is 4.55. The molecule has 4 rings (SSSR count). The lowest BCUT2D eigenvalue weighted by Gasteiger charge is -2.36. The molecule has 0 radical (unpaired) electrons. The second-order valence-corrected chi connectivity index (χ2v) is 7.96. The Hall–Kier alpha value is -1.85. The molecule has 0 unspecified atom stereocenters. The number of hydrogen-bond acceptors (Lipinski definition) is 4. The molecule has 1 aromatic carbocycles. The fourth-order valence-electron chi connectivity index (χ4n) is 3.46. The molecule has 0 spiro atoms. The van der Waals surface area contributed by atoms with Crippen molar-refractivity contribution in [2.45, 2.75) is 31.7 Å². The van der Waals surface area contributed by atoms with Gasteiger partial charge in [0.25, 0.3) is 0 Å². The van der Waals surface area contributed by atoms with E-state index < -0.39 is 0 Å².